The van der Waals surface area contributed by atoms with E-state index in [4.69, 9.17) is 14.2 Å². The van der Waals surface area contributed by atoms with Crippen LogP contribution < -0.4 is 10.1 Å². The first-order chi connectivity index (χ1) is 12.0. The van der Waals surface area contributed by atoms with Gasteiger partial charge in [0.1, 0.15) is 11.8 Å². The van der Waals surface area contributed by atoms with E-state index in [9.17, 15) is 19.5 Å². The van der Waals surface area contributed by atoms with Crippen LogP contribution in [-0.4, -0.2) is 66.1 Å². The van der Waals surface area contributed by atoms with Crippen molar-refractivity contribution in [2.75, 3.05) is 13.7 Å². The molecule has 3 rings (SSSR count). The first kappa shape index (κ1) is 17.2. The van der Waals surface area contributed by atoms with Crippen LogP contribution in [0.4, 0.5) is 0 Å². The summed E-state index contributed by atoms with van der Waals surface area (Å²) in [5, 5.41) is 11.8. The molecule has 1 aromatic carbocycles. The van der Waals surface area contributed by atoms with E-state index in [1.54, 1.807) is 24.3 Å². The monoisotopic (exact) mass is 350 g/mol. The molecule has 9 nitrogen and oxygen atoms in total. The Morgan fingerprint density at radius 3 is 2.72 bits per heavy atom. The molecule has 2 N–H and O–H groups in total. The lowest BCUT2D eigenvalue weighted by Gasteiger charge is -2.53. The largest absolute Gasteiger partial charge is 0.484 e. The third-order valence-corrected chi connectivity index (χ3v) is 4.13. The molecule has 4 atom stereocenters. The Balaban J connectivity index is 1.58. The van der Waals surface area contributed by atoms with Crippen LogP contribution in [0.15, 0.2) is 30.3 Å². The van der Waals surface area contributed by atoms with Gasteiger partial charge in [-0.15, -0.1) is 0 Å². The van der Waals surface area contributed by atoms with Gasteiger partial charge in [0.25, 0.3) is 5.91 Å². The highest BCUT2D eigenvalue weighted by atomic mass is 16.7. The zero-order valence-corrected chi connectivity index (χ0v) is 13.5. The standard InChI is InChI=1S/C16H18N2O7/c1-23-12-7-10-13(14(20)18(10)15(25-12)16(21)22)17-11(19)8-24-9-5-3-2-4-6-9/h2-6,10,12-13,15H,7-8H2,1H3,(H,17,19)(H,21,22)/t10-,12-,13-,15+/m0/s1. The number of ether oxygens (including phenoxy) is 3. The molecule has 2 aliphatic rings. The van der Waals surface area contributed by atoms with Crippen LogP contribution in [0.25, 0.3) is 0 Å². The topological polar surface area (TPSA) is 114 Å². The molecule has 2 heterocycles. The molecule has 0 unspecified atom stereocenters. The van der Waals surface area contributed by atoms with E-state index in [0.29, 0.717) is 5.75 Å². The second kappa shape index (κ2) is 7.08. The number of nitrogens with one attached hydrogen (secondary N) is 1. The molecule has 134 valence electrons. The van der Waals surface area contributed by atoms with Gasteiger partial charge in [-0.05, 0) is 12.1 Å². The van der Waals surface area contributed by atoms with Crippen molar-refractivity contribution in [2.45, 2.75) is 31.0 Å². The van der Waals surface area contributed by atoms with E-state index < -0.39 is 42.4 Å². The molecule has 2 saturated heterocycles. The summed E-state index contributed by atoms with van der Waals surface area (Å²) in [7, 11) is 1.39. The van der Waals surface area contributed by atoms with Crippen molar-refractivity contribution in [1.29, 1.82) is 0 Å². The van der Waals surface area contributed by atoms with E-state index in [2.05, 4.69) is 5.32 Å². The lowest BCUT2D eigenvalue weighted by Crippen LogP contribution is -2.77. The van der Waals surface area contributed by atoms with Gasteiger partial charge in [-0.25, -0.2) is 4.79 Å². The number of aliphatic carboxylic acids is 1. The number of benzene rings is 1. The van der Waals surface area contributed by atoms with Crippen LogP contribution in [-0.2, 0) is 23.9 Å². The minimum Gasteiger partial charge on any atom is -0.484 e. The summed E-state index contributed by atoms with van der Waals surface area (Å²) in [6.45, 7) is -0.243. The van der Waals surface area contributed by atoms with Gasteiger partial charge in [-0.3, -0.25) is 14.5 Å². The second-order valence-electron chi connectivity index (χ2n) is 5.69. The fourth-order valence-corrected chi connectivity index (χ4v) is 2.94. The smallest absolute Gasteiger partial charge is 0.354 e. The van der Waals surface area contributed by atoms with Crippen molar-refractivity contribution >= 4 is 17.8 Å². The van der Waals surface area contributed by atoms with Gasteiger partial charge in [0, 0.05) is 13.5 Å². The Labute approximate surface area is 143 Å². The predicted molar refractivity (Wildman–Crippen MR) is 82.4 cm³/mol. The number of carboxylic acids is 1. The Kier molecular flexibility index (Phi) is 4.86. The molecule has 0 radical (unpaired) electrons. The maximum absolute atomic E-state index is 12.2. The minimum absolute atomic E-state index is 0.243. The van der Waals surface area contributed by atoms with Crippen LogP contribution in [0.2, 0.25) is 0 Å². The van der Waals surface area contributed by atoms with E-state index in [1.165, 1.54) is 7.11 Å². The fraction of sp³-hybridized carbons (Fsp3) is 0.438. The average Bonchev–Trinajstić information content (AvgIpc) is 2.63. The molecule has 0 aromatic heterocycles. The number of carboxylic acid groups (broad SMARTS) is 1. The molecule has 0 saturated carbocycles. The molecule has 0 bridgehead atoms. The number of hydrogen-bond donors (Lipinski definition) is 2. The van der Waals surface area contributed by atoms with Crippen molar-refractivity contribution in [3.05, 3.63) is 30.3 Å². The highest BCUT2D eigenvalue weighted by molar-refractivity contribution is 5.96. The van der Waals surface area contributed by atoms with Gasteiger partial charge in [0.05, 0.1) is 6.04 Å². The zero-order valence-electron chi connectivity index (χ0n) is 13.5. The average molecular weight is 350 g/mol. The second-order valence-corrected chi connectivity index (χ2v) is 5.69. The summed E-state index contributed by atoms with van der Waals surface area (Å²) in [5.74, 6) is -1.71. The van der Waals surface area contributed by atoms with E-state index in [-0.39, 0.29) is 13.0 Å². The number of hydrogen-bond acceptors (Lipinski definition) is 6. The van der Waals surface area contributed by atoms with Crippen molar-refractivity contribution < 1.29 is 33.7 Å². The number of fused-ring (bicyclic) bond motifs is 1. The van der Waals surface area contributed by atoms with E-state index in [0.717, 1.165) is 4.90 Å². The highest BCUT2D eigenvalue weighted by Crippen LogP contribution is 2.33. The van der Waals surface area contributed by atoms with Crippen LogP contribution in [0, 0.1) is 0 Å². The zero-order chi connectivity index (χ0) is 18.0. The van der Waals surface area contributed by atoms with Crippen LogP contribution >= 0.6 is 0 Å². The molecular weight excluding hydrogens is 332 g/mol. The van der Waals surface area contributed by atoms with Gasteiger partial charge in [-0.1, -0.05) is 18.2 Å². The summed E-state index contributed by atoms with van der Waals surface area (Å²) < 4.78 is 15.6. The summed E-state index contributed by atoms with van der Waals surface area (Å²) in [6, 6.07) is 7.50. The third kappa shape index (κ3) is 3.42. The van der Waals surface area contributed by atoms with Gasteiger partial charge < -0.3 is 24.6 Å². The summed E-state index contributed by atoms with van der Waals surface area (Å²) >= 11 is 0. The molecule has 2 aliphatic heterocycles. The fourth-order valence-electron chi connectivity index (χ4n) is 2.94. The molecule has 25 heavy (non-hydrogen) atoms. The van der Waals surface area contributed by atoms with Crippen molar-refractivity contribution in [2.24, 2.45) is 0 Å². The van der Waals surface area contributed by atoms with Crippen LogP contribution in [0.1, 0.15) is 6.42 Å². The number of para-hydroxylation sites is 1. The first-order valence-corrected chi connectivity index (χ1v) is 7.71. The molecular formula is C16H18N2O7. The molecule has 2 amide bonds. The van der Waals surface area contributed by atoms with Gasteiger partial charge in [0.2, 0.25) is 12.1 Å². The Hall–Kier alpha value is -2.65. The summed E-state index contributed by atoms with van der Waals surface area (Å²) in [6.07, 6.45) is -1.89. The van der Waals surface area contributed by atoms with E-state index in [1.807, 2.05) is 6.07 Å². The van der Waals surface area contributed by atoms with Crippen molar-refractivity contribution in [1.82, 2.24) is 10.2 Å². The maximum Gasteiger partial charge on any atom is 0.354 e. The molecule has 2 fully saturated rings. The number of methoxy groups -OCH3 is 1. The number of β-lactam (4-membered cyclic amide) rings is 1. The number of carbonyl (C=O) groups excluding carboxylic acids is 2. The van der Waals surface area contributed by atoms with E-state index >= 15 is 0 Å². The molecule has 0 spiro atoms. The van der Waals surface area contributed by atoms with Crippen molar-refractivity contribution in [3.63, 3.8) is 0 Å². The Morgan fingerprint density at radius 2 is 2.08 bits per heavy atom. The quantitative estimate of drug-likeness (QED) is 0.669. The Morgan fingerprint density at radius 1 is 1.36 bits per heavy atom. The van der Waals surface area contributed by atoms with Gasteiger partial charge in [-0.2, -0.15) is 0 Å². The summed E-state index contributed by atoms with van der Waals surface area (Å²) in [5.41, 5.74) is 0. The molecule has 9 heteroatoms. The van der Waals surface area contributed by atoms with Gasteiger partial charge >= 0.3 is 5.97 Å². The lowest BCUT2D eigenvalue weighted by molar-refractivity contribution is -0.262. The predicted octanol–water partition coefficient (Wildman–Crippen LogP) is -0.435. The highest BCUT2D eigenvalue weighted by Gasteiger charge is 2.57. The van der Waals surface area contributed by atoms with Crippen LogP contribution in [0.3, 0.4) is 0 Å². The molecule has 0 aliphatic carbocycles. The minimum atomic E-state index is -1.41. The maximum atomic E-state index is 12.2. The number of rotatable bonds is 6. The molecule has 1 aromatic rings. The summed E-state index contributed by atoms with van der Waals surface area (Å²) in [4.78, 5) is 36.6. The normalized spacial score (nSPS) is 27.9. The van der Waals surface area contributed by atoms with Crippen molar-refractivity contribution in [3.8, 4) is 5.75 Å². The number of amides is 2. The Bertz CT molecular complexity index is 666. The van der Waals surface area contributed by atoms with Crippen LogP contribution in [0.5, 0.6) is 5.75 Å². The first-order valence-electron chi connectivity index (χ1n) is 7.71. The SMILES string of the molecule is CO[C@@H]1C[C@H]2[C@H](NC(=O)COc3ccccc3)C(=O)N2[C@@H](C(=O)O)O1. The third-order valence-electron chi connectivity index (χ3n) is 4.13. The number of nitrogens with zero attached hydrogens (tertiary/aromatic N) is 1. The van der Waals surface area contributed by atoms with Gasteiger partial charge in [0.15, 0.2) is 12.9 Å². The number of carbonyl (C=O) groups is 3. The lowest BCUT2D eigenvalue weighted by atomic mass is 9.89.